The van der Waals surface area contributed by atoms with Crippen LogP contribution in [0.2, 0.25) is 0 Å². The molecule has 116 valence electrons. The zero-order valence-corrected chi connectivity index (χ0v) is 13.3. The summed E-state index contributed by atoms with van der Waals surface area (Å²) in [6.07, 6.45) is 0. The molecule has 3 N–H and O–H groups in total. The number of aromatic nitrogens is 2. The van der Waals surface area contributed by atoms with Gasteiger partial charge in [0.1, 0.15) is 17.3 Å². The summed E-state index contributed by atoms with van der Waals surface area (Å²) < 4.78 is 1.98. The lowest BCUT2D eigenvalue weighted by atomic mass is 10.2. The Morgan fingerprint density at radius 1 is 1.24 bits per heavy atom. The number of phenolic OH excluding ortho intramolecular Hbond substituents is 2. The van der Waals surface area contributed by atoms with Gasteiger partial charge in [-0.3, -0.25) is 4.68 Å². The summed E-state index contributed by atoms with van der Waals surface area (Å²) in [6, 6.07) is 6.56. The lowest BCUT2D eigenvalue weighted by molar-refractivity contribution is 0.446. The molecular weight excluding hydrogens is 290 g/mol. The minimum atomic E-state index is 0. The van der Waals surface area contributed by atoms with Crippen molar-refractivity contribution in [3.63, 3.8) is 0 Å². The first-order valence-corrected chi connectivity index (χ1v) is 6.75. The van der Waals surface area contributed by atoms with Crippen LogP contribution in [0.5, 0.6) is 11.5 Å². The Morgan fingerprint density at radius 3 is 2.57 bits per heavy atom. The van der Waals surface area contributed by atoms with Gasteiger partial charge in [0.2, 0.25) is 0 Å². The second-order valence-corrected chi connectivity index (χ2v) is 5.41. The van der Waals surface area contributed by atoms with E-state index in [9.17, 15) is 10.2 Å². The first-order chi connectivity index (χ1) is 9.45. The Labute approximate surface area is 131 Å². The summed E-state index contributed by atoms with van der Waals surface area (Å²) in [5.41, 5.74) is 1.83. The van der Waals surface area contributed by atoms with Gasteiger partial charge in [0.15, 0.2) is 0 Å². The Kier molecular flexibility index (Phi) is 5.90. The topological polar surface area (TPSA) is 70.3 Å². The van der Waals surface area contributed by atoms with Crippen molar-refractivity contribution in [1.82, 2.24) is 9.78 Å². The number of anilines is 1. The molecule has 2 rings (SSSR count). The molecule has 5 nitrogen and oxygen atoms in total. The summed E-state index contributed by atoms with van der Waals surface area (Å²) in [6.45, 7) is 7.69. The van der Waals surface area contributed by atoms with E-state index in [1.54, 1.807) is 12.1 Å². The average Bonchev–Trinajstić information content (AvgIpc) is 2.68. The smallest absolute Gasteiger partial charge is 0.148 e. The third-order valence-corrected chi connectivity index (χ3v) is 3.05. The van der Waals surface area contributed by atoms with Crippen molar-refractivity contribution >= 4 is 18.2 Å². The van der Waals surface area contributed by atoms with E-state index < -0.39 is 0 Å². The maximum absolute atomic E-state index is 9.72. The number of halogens is 1. The molecule has 0 fully saturated rings. The van der Waals surface area contributed by atoms with E-state index in [2.05, 4.69) is 24.3 Å². The van der Waals surface area contributed by atoms with E-state index >= 15 is 0 Å². The highest BCUT2D eigenvalue weighted by Gasteiger charge is 2.07. The minimum absolute atomic E-state index is 0. The standard InChI is InChI=1S/C15H21N3O2.ClH/c1-10(2)9-18-11(3)6-15(17-18)16-8-12-4-5-13(19)7-14(12)20;/h4-7,10,19-20H,8-9H2,1-3H3,(H,16,17);1H. The van der Waals surface area contributed by atoms with E-state index in [-0.39, 0.29) is 23.9 Å². The average molecular weight is 312 g/mol. The third-order valence-electron chi connectivity index (χ3n) is 3.05. The Hall–Kier alpha value is -1.88. The molecule has 1 heterocycles. The van der Waals surface area contributed by atoms with Crippen molar-refractivity contribution in [2.24, 2.45) is 5.92 Å². The lowest BCUT2D eigenvalue weighted by Gasteiger charge is -2.07. The van der Waals surface area contributed by atoms with Crippen LogP contribution in [0.15, 0.2) is 24.3 Å². The predicted octanol–water partition coefficient (Wildman–Crippen LogP) is 3.29. The van der Waals surface area contributed by atoms with Crippen molar-refractivity contribution in [2.75, 3.05) is 5.32 Å². The number of benzene rings is 1. The van der Waals surface area contributed by atoms with Crippen LogP contribution in [0, 0.1) is 12.8 Å². The molecule has 0 spiro atoms. The van der Waals surface area contributed by atoms with E-state index in [1.165, 1.54) is 6.07 Å². The van der Waals surface area contributed by atoms with Crippen molar-refractivity contribution < 1.29 is 10.2 Å². The molecule has 0 unspecified atom stereocenters. The van der Waals surface area contributed by atoms with Gasteiger partial charge in [-0.15, -0.1) is 12.4 Å². The number of aromatic hydroxyl groups is 2. The van der Waals surface area contributed by atoms with Crippen molar-refractivity contribution in [2.45, 2.75) is 33.9 Å². The molecule has 2 aromatic rings. The Morgan fingerprint density at radius 2 is 1.95 bits per heavy atom. The predicted molar refractivity (Wildman–Crippen MR) is 86.1 cm³/mol. The van der Waals surface area contributed by atoms with Crippen LogP contribution in [0.4, 0.5) is 5.82 Å². The highest BCUT2D eigenvalue weighted by atomic mass is 35.5. The quantitative estimate of drug-likeness (QED) is 0.792. The molecule has 0 saturated heterocycles. The van der Waals surface area contributed by atoms with Crippen LogP contribution in [0.1, 0.15) is 25.1 Å². The molecule has 1 aromatic heterocycles. The van der Waals surface area contributed by atoms with E-state index in [4.69, 9.17) is 0 Å². The van der Waals surface area contributed by atoms with Gasteiger partial charge in [-0.25, -0.2) is 0 Å². The maximum Gasteiger partial charge on any atom is 0.148 e. The molecule has 0 radical (unpaired) electrons. The number of aryl methyl sites for hydroxylation is 1. The van der Waals surface area contributed by atoms with Gasteiger partial charge in [-0.1, -0.05) is 13.8 Å². The van der Waals surface area contributed by atoms with E-state index in [0.717, 1.165) is 23.6 Å². The van der Waals surface area contributed by atoms with Crippen molar-refractivity contribution in [3.8, 4) is 11.5 Å². The molecule has 0 atom stereocenters. The summed E-state index contributed by atoms with van der Waals surface area (Å²) in [5, 5.41) is 26.6. The number of nitrogens with zero attached hydrogens (tertiary/aromatic N) is 2. The summed E-state index contributed by atoms with van der Waals surface area (Å²) >= 11 is 0. The molecule has 0 bridgehead atoms. The van der Waals surface area contributed by atoms with Crippen LogP contribution >= 0.6 is 12.4 Å². The van der Waals surface area contributed by atoms with Crippen LogP contribution in [-0.4, -0.2) is 20.0 Å². The summed E-state index contributed by atoms with van der Waals surface area (Å²) in [7, 11) is 0. The first kappa shape index (κ1) is 17.2. The fourth-order valence-electron chi connectivity index (χ4n) is 2.01. The number of rotatable bonds is 5. The highest BCUT2D eigenvalue weighted by Crippen LogP contribution is 2.23. The molecule has 0 aliphatic heterocycles. The SMILES string of the molecule is Cc1cc(NCc2ccc(O)cc2O)nn1CC(C)C.Cl. The van der Waals surface area contributed by atoms with Gasteiger partial charge in [0.05, 0.1) is 0 Å². The fraction of sp³-hybridized carbons (Fsp3) is 0.400. The number of phenols is 2. The lowest BCUT2D eigenvalue weighted by Crippen LogP contribution is -2.08. The number of hydrogen-bond acceptors (Lipinski definition) is 4. The summed E-state index contributed by atoms with van der Waals surface area (Å²) in [4.78, 5) is 0. The molecule has 0 saturated carbocycles. The number of hydrogen-bond donors (Lipinski definition) is 3. The molecule has 0 aliphatic rings. The largest absolute Gasteiger partial charge is 0.508 e. The maximum atomic E-state index is 9.72. The van der Waals surface area contributed by atoms with Crippen LogP contribution in [0.3, 0.4) is 0 Å². The number of nitrogens with one attached hydrogen (secondary N) is 1. The van der Waals surface area contributed by atoms with Gasteiger partial charge in [0.25, 0.3) is 0 Å². The van der Waals surface area contributed by atoms with Crippen molar-refractivity contribution in [1.29, 1.82) is 0 Å². The zero-order chi connectivity index (χ0) is 14.7. The molecule has 6 heteroatoms. The minimum Gasteiger partial charge on any atom is -0.508 e. The first-order valence-electron chi connectivity index (χ1n) is 6.75. The van der Waals surface area contributed by atoms with Gasteiger partial charge >= 0.3 is 0 Å². The van der Waals surface area contributed by atoms with Crippen LogP contribution in [0.25, 0.3) is 0 Å². The Balaban J connectivity index is 0.00000220. The molecule has 0 amide bonds. The highest BCUT2D eigenvalue weighted by molar-refractivity contribution is 5.85. The van der Waals surface area contributed by atoms with E-state index in [1.807, 2.05) is 17.7 Å². The van der Waals surface area contributed by atoms with Gasteiger partial charge in [-0.2, -0.15) is 5.10 Å². The normalized spacial score (nSPS) is 10.5. The zero-order valence-electron chi connectivity index (χ0n) is 12.5. The fourth-order valence-corrected chi connectivity index (χ4v) is 2.01. The summed E-state index contributed by atoms with van der Waals surface area (Å²) in [5.74, 6) is 1.47. The molecule has 1 aromatic carbocycles. The second kappa shape index (κ2) is 7.22. The van der Waals surface area contributed by atoms with Crippen LogP contribution < -0.4 is 5.32 Å². The third kappa shape index (κ3) is 4.56. The van der Waals surface area contributed by atoms with E-state index in [0.29, 0.717) is 12.5 Å². The monoisotopic (exact) mass is 311 g/mol. The van der Waals surface area contributed by atoms with Gasteiger partial charge in [-0.05, 0) is 25.0 Å². The van der Waals surface area contributed by atoms with Gasteiger partial charge < -0.3 is 15.5 Å². The Bertz CT molecular complexity index is 597. The molecule has 21 heavy (non-hydrogen) atoms. The molecular formula is C15H22ClN3O2. The second-order valence-electron chi connectivity index (χ2n) is 5.41. The van der Waals surface area contributed by atoms with Gasteiger partial charge in [0, 0.05) is 36.5 Å². The molecule has 0 aliphatic carbocycles. The van der Waals surface area contributed by atoms with Crippen LogP contribution in [-0.2, 0) is 13.1 Å². The van der Waals surface area contributed by atoms with Crippen molar-refractivity contribution in [3.05, 3.63) is 35.5 Å².